The molecule has 3 aromatic rings. The maximum Gasteiger partial charge on any atom is 0.305 e. The van der Waals surface area contributed by atoms with Gasteiger partial charge in [-0.3, -0.25) is 4.79 Å². The van der Waals surface area contributed by atoms with E-state index in [0.29, 0.717) is 19.8 Å². The first-order valence-corrected chi connectivity index (χ1v) is 11.9. The fourth-order valence-electron chi connectivity index (χ4n) is 4.13. The Hall–Kier alpha value is -3.03. The highest BCUT2D eigenvalue weighted by Crippen LogP contribution is 2.31. The summed E-state index contributed by atoms with van der Waals surface area (Å²) in [4.78, 5) is 11.9. The molecule has 1 aliphatic heterocycles. The predicted molar refractivity (Wildman–Crippen MR) is 131 cm³/mol. The lowest BCUT2D eigenvalue weighted by Gasteiger charge is -2.44. The Bertz CT molecular complexity index is 1030. The second-order valence-corrected chi connectivity index (χ2v) is 8.60. The SMILES string of the molecule is CC(=O)O[C@H]1O[C@@H](C)[C@@H](OCc2ccccc2)[C@@H](OCc2ccccc2)[C@@H]1OCc1ccccc1. The second-order valence-electron chi connectivity index (χ2n) is 8.60. The van der Waals surface area contributed by atoms with Gasteiger partial charge in [-0.15, -0.1) is 0 Å². The molecule has 1 saturated heterocycles. The molecule has 6 heteroatoms. The first-order chi connectivity index (χ1) is 17.1. The molecule has 0 aromatic heterocycles. The molecule has 0 spiro atoms. The average molecular weight is 477 g/mol. The largest absolute Gasteiger partial charge is 0.433 e. The molecular weight excluding hydrogens is 444 g/mol. The van der Waals surface area contributed by atoms with Crippen LogP contribution in [0.25, 0.3) is 0 Å². The van der Waals surface area contributed by atoms with Crippen molar-refractivity contribution < 1.29 is 28.5 Å². The van der Waals surface area contributed by atoms with E-state index in [-0.39, 0.29) is 6.10 Å². The standard InChI is InChI=1S/C29H32O6/c1-21-26(31-18-23-12-6-3-7-13-23)27(32-19-24-14-8-4-9-15-24)28(29(34-21)35-22(2)30)33-20-25-16-10-5-11-17-25/h3-17,21,26-29H,18-20H2,1-2H3/t21-,26+,27+,28-,29+/m0/s1. The minimum Gasteiger partial charge on any atom is -0.433 e. The molecule has 35 heavy (non-hydrogen) atoms. The monoisotopic (exact) mass is 476 g/mol. The number of carbonyl (C=O) groups is 1. The highest BCUT2D eigenvalue weighted by Gasteiger charge is 2.48. The van der Waals surface area contributed by atoms with Gasteiger partial charge in [0.05, 0.1) is 25.9 Å². The van der Waals surface area contributed by atoms with Gasteiger partial charge in [-0.1, -0.05) is 91.0 Å². The number of hydrogen-bond acceptors (Lipinski definition) is 6. The summed E-state index contributed by atoms with van der Waals surface area (Å²) in [7, 11) is 0. The molecule has 0 amide bonds. The summed E-state index contributed by atoms with van der Waals surface area (Å²) in [6, 6.07) is 29.7. The lowest BCUT2D eigenvalue weighted by Crippen LogP contribution is -2.60. The summed E-state index contributed by atoms with van der Waals surface area (Å²) in [6.45, 7) is 4.34. The van der Waals surface area contributed by atoms with Crippen molar-refractivity contribution in [3.05, 3.63) is 108 Å². The van der Waals surface area contributed by atoms with Gasteiger partial charge < -0.3 is 23.7 Å². The minimum absolute atomic E-state index is 0.317. The van der Waals surface area contributed by atoms with E-state index in [0.717, 1.165) is 16.7 Å². The van der Waals surface area contributed by atoms with Gasteiger partial charge in [0.2, 0.25) is 6.29 Å². The van der Waals surface area contributed by atoms with E-state index in [1.807, 2.05) is 97.9 Å². The number of hydrogen-bond donors (Lipinski definition) is 0. The first kappa shape index (κ1) is 25.1. The zero-order valence-electron chi connectivity index (χ0n) is 20.1. The normalized spacial score (nSPS) is 24.1. The van der Waals surface area contributed by atoms with E-state index < -0.39 is 30.6 Å². The van der Waals surface area contributed by atoms with E-state index in [9.17, 15) is 4.79 Å². The quantitative estimate of drug-likeness (QED) is 0.382. The van der Waals surface area contributed by atoms with Crippen LogP contribution >= 0.6 is 0 Å². The van der Waals surface area contributed by atoms with Crippen molar-refractivity contribution in [2.75, 3.05) is 0 Å². The third-order valence-corrected chi connectivity index (χ3v) is 5.87. The maximum absolute atomic E-state index is 11.9. The van der Waals surface area contributed by atoms with Crippen LogP contribution in [0.4, 0.5) is 0 Å². The lowest BCUT2D eigenvalue weighted by atomic mass is 9.98. The third kappa shape index (κ3) is 7.23. The summed E-state index contributed by atoms with van der Waals surface area (Å²) in [5.41, 5.74) is 3.07. The van der Waals surface area contributed by atoms with Crippen molar-refractivity contribution >= 4 is 5.97 Å². The van der Waals surface area contributed by atoms with Gasteiger partial charge in [0.1, 0.15) is 18.3 Å². The smallest absolute Gasteiger partial charge is 0.305 e. The fraction of sp³-hybridized carbons (Fsp3) is 0.345. The number of benzene rings is 3. The van der Waals surface area contributed by atoms with Crippen LogP contribution in [0, 0.1) is 0 Å². The number of rotatable bonds is 10. The Kier molecular flexibility index (Phi) is 9.03. The topological polar surface area (TPSA) is 63.2 Å². The Morgan fingerprint density at radius 2 is 1.06 bits per heavy atom. The Morgan fingerprint density at radius 1 is 0.657 bits per heavy atom. The van der Waals surface area contributed by atoms with Gasteiger partial charge in [0, 0.05) is 6.92 Å². The van der Waals surface area contributed by atoms with Crippen LogP contribution in [0.1, 0.15) is 30.5 Å². The van der Waals surface area contributed by atoms with Gasteiger partial charge in [0.15, 0.2) is 0 Å². The van der Waals surface area contributed by atoms with Gasteiger partial charge in [0.25, 0.3) is 0 Å². The zero-order valence-corrected chi connectivity index (χ0v) is 20.1. The average Bonchev–Trinajstić information content (AvgIpc) is 2.88. The fourth-order valence-corrected chi connectivity index (χ4v) is 4.13. The summed E-state index contributed by atoms with van der Waals surface area (Å²) in [5, 5.41) is 0. The van der Waals surface area contributed by atoms with Gasteiger partial charge in [-0.25, -0.2) is 0 Å². The van der Waals surface area contributed by atoms with Crippen LogP contribution < -0.4 is 0 Å². The molecule has 0 saturated carbocycles. The highest BCUT2D eigenvalue weighted by molar-refractivity contribution is 5.66. The molecule has 0 bridgehead atoms. The molecule has 3 aromatic carbocycles. The molecule has 1 heterocycles. The molecule has 5 atom stereocenters. The molecule has 6 nitrogen and oxygen atoms in total. The maximum atomic E-state index is 11.9. The van der Waals surface area contributed by atoms with Crippen molar-refractivity contribution in [3.63, 3.8) is 0 Å². The summed E-state index contributed by atoms with van der Waals surface area (Å²) in [5.74, 6) is -0.444. The van der Waals surface area contributed by atoms with Gasteiger partial charge in [-0.2, -0.15) is 0 Å². The van der Waals surface area contributed by atoms with Crippen molar-refractivity contribution in [2.45, 2.75) is 64.4 Å². The second kappa shape index (κ2) is 12.6. The van der Waals surface area contributed by atoms with E-state index in [1.165, 1.54) is 6.92 Å². The predicted octanol–water partition coefficient (Wildman–Crippen LogP) is 5.05. The van der Waals surface area contributed by atoms with Gasteiger partial charge in [-0.05, 0) is 23.6 Å². The van der Waals surface area contributed by atoms with Crippen molar-refractivity contribution in [2.24, 2.45) is 0 Å². The van der Waals surface area contributed by atoms with Crippen molar-refractivity contribution in [1.29, 1.82) is 0 Å². The van der Waals surface area contributed by atoms with E-state index >= 15 is 0 Å². The van der Waals surface area contributed by atoms with Crippen LogP contribution in [-0.4, -0.2) is 36.7 Å². The summed E-state index contributed by atoms with van der Waals surface area (Å²) >= 11 is 0. The Labute approximate surface area is 206 Å². The molecule has 0 radical (unpaired) electrons. The van der Waals surface area contributed by atoms with Crippen LogP contribution in [0.5, 0.6) is 0 Å². The first-order valence-electron chi connectivity index (χ1n) is 11.9. The minimum atomic E-state index is -0.913. The van der Waals surface area contributed by atoms with Crippen LogP contribution in [0.15, 0.2) is 91.0 Å². The summed E-state index contributed by atoms with van der Waals surface area (Å²) < 4.78 is 30.7. The molecule has 0 N–H and O–H groups in total. The number of carbonyl (C=O) groups excluding carboxylic acids is 1. The molecule has 4 rings (SSSR count). The van der Waals surface area contributed by atoms with E-state index in [4.69, 9.17) is 23.7 Å². The molecule has 1 fully saturated rings. The molecular formula is C29H32O6. The number of esters is 1. The Balaban J connectivity index is 1.57. The van der Waals surface area contributed by atoms with Crippen molar-refractivity contribution in [3.8, 4) is 0 Å². The summed E-state index contributed by atoms with van der Waals surface area (Å²) in [6.07, 6.45) is -2.95. The molecule has 184 valence electrons. The Morgan fingerprint density at radius 3 is 1.49 bits per heavy atom. The van der Waals surface area contributed by atoms with Crippen LogP contribution in [0.2, 0.25) is 0 Å². The van der Waals surface area contributed by atoms with Crippen LogP contribution in [-0.2, 0) is 48.3 Å². The highest BCUT2D eigenvalue weighted by atomic mass is 16.7. The van der Waals surface area contributed by atoms with E-state index in [2.05, 4.69) is 0 Å². The zero-order chi connectivity index (χ0) is 24.5. The van der Waals surface area contributed by atoms with Crippen molar-refractivity contribution in [1.82, 2.24) is 0 Å². The number of ether oxygens (including phenoxy) is 5. The molecule has 0 aliphatic carbocycles. The molecule has 0 unspecified atom stereocenters. The van der Waals surface area contributed by atoms with Gasteiger partial charge >= 0.3 is 5.97 Å². The third-order valence-electron chi connectivity index (χ3n) is 5.87. The lowest BCUT2D eigenvalue weighted by molar-refractivity contribution is -0.311. The van der Waals surface area contributed by atoms with Crippen LogP contribution in [0.3, 0.4) is 0 Å². The van der Waals surface area contributed by atoms with E-state index in [1.54, 1.807) is 0 Å². The molecule has 1 aliphatic rings.